The topological polar surface area (TPSA) is 62.1 Å². The lowest BCUT2D eigenvalue weighted by molar-refractivity contribution is 0.220. The van der Waals surface area contributed by atoms with Gasteiger partial charge >= 0.3 is 0 Å². The van der Waals surface area contributed by atoms with Crippen LogP contribution in [0.5, 0.6) is 0 Å². The lowest BCUT2D eigenvalue weighted by Crippen LogP contribution is -2.36. The van der Waals surface area contributed by atoms with Crippen molar-refractivity contribution in [3.05, 3.63) is 51.6 Å². The summed E-state index contributed by atoms with van der Waals surface area (Å²) in [5, 5.41) is 0. The maximum atomic E-state index is 12.2. The number of H-pyrrole nitrogens is 1. The predicted molar refractivity (Wildman–Crippen MR) is 80.1 cm³/mol. The molecular weight excluding hydrogens is 266 g/mol. The highest BCUT2D eigenvalue weighted by molar-refractivity contribution is 5.22. The van der Waals surface area contributed by atoms with Crippen LogP contribution in [0.25, 0.3) is 0 Å². The zero-order valence-corrected chi connectivity index (χ0v) is 12.8. The van der Waals surface area contributed by atoms with Gasteiger partial charge in [0.25, 0.3) is 5.56 Å². The van der Waals surface area contributed by atoms with Gasteiger partial charge < -0.3 is 9.40 Å². The first kappa shape index (κ1) is 14.1. The molecule has 112 valence electrons. The minimum absolute atomic E-state index is 0.0163. The van der Waals surface area contributed by atoms with Gasteiger partial charge in [-0.2, -0.15) is 0 Å². The van der Waals surface area contributed by atoms with Crippen molar-refractivity contribution in [1.29, 1.82) is 0 Å². The highest BCUT2D eigenvalue weighted by Crippen LogP contribution is 2.21. The molecule has 5 heteroatoms. The average Bonchev–Trinajstić information content (AvgIpc) is 2.90. The van der Waals surface area contributed by atoms with Gasteiger partial charge in [0.2, 0.25) is 0 Å². The van der Waals surface area contributed by atoms with Gasteiger partial charge in [0.15, 0.2) is 0 Å². The van der Waals surface area contributed by atoms with Crippen LogP contribution >= 0.6 is 0 Å². The van der Waals surface area contributed by atoms with E-state index in [0.29, 0.717) is 6.54 Å². The first-order valence-electron chi connectivity index (χ1n) is 7.31. The largest absolute Gasteiger partial charge is 0.468 e. The first-order chi connectivity index (χ1) is 9.93. The zero-order valence-electron chi connectivity index (χ0n) is 12.8. The molecule has 0 saturated heterocycles. The molecule has 1 N–H and O–H groups in total. The van der Waals surface area contributed by atoms with Gasteiger partial charge in [-0.1, -0.05) is 20.8 Å². The van der Waals surface area contributed by atoms with Crippen LogP contribution in [0.1, 0.15) is 43.6 Å². The molecule has 2 aromatic rings. The second-order valence-electron chi connectivity index (χ2n) is 6.63. The molecule has 0 atom stereocenters. The molecule has 5 nitrogen and oxygen atoms in total. The third kappa shape index (κ3) is 2.93. The summed E-state index contributed by atoms with van der Waals surface area (Å²) in [6.45, 7) is 8.48. The van der Waals surface area contributed by atoms with Crippen molar-refractivity contribution in [3.63, 3.8) is 0 Å². The number of nitrogens with zero attached hydrogens (tertiary/aromatic N) is 2. The maximum Gasteiger partial charge on any atom is 0.254 e. The molecule has 0 radical (unpaired) electrons. The van der Waals surface area contributed by atoms with Crippen LogP contribution in [-0.4, -0.2) is 21.4 Å². The number of nitrogens with one attached hydrogen (secondary N) is 1. The van der Waals surface area contributed by atoms with E-state index >= 15 is 0 Å². The number of furan rings is 1. The average molecular weight is 287 g/mol. The smallest absolute Gasteiger partial charge is 0.254 e. The van der Waals surface area contributed by atoms with E-state index < -0.39 is 0 Å². The number of fused-ring (bicyclic) bond motifs is 1. The summed E-state index contributed by atoms with van der Waals surface area (Å²) in [6.07, 6.45) is 2.43. The molecule has 0 saturated carbocycles. The minimum atomic E-state index is -0.155. The SMILES string of the molecule is CC(C)(C)c1nc2c(c(=O)[nH]1)CCN(Cc1ccco1)C2. The highest BCUT2D eigenvalue weighted by atomic mass is 16.3. The van der Waals surface area contributed by atoms with Gasteiger partial charge in [0, 0.05) is 24.1 Å². The number of rotatable bonds is 2. The van der Waals surface area contributed by atoms with E-state index in [1.165, 1.54) is 0 Å². The van der Waals surface area contributed by atoms with Crippen molar-refractivity contribution in [2.24, 2.45) is 0 Å². The molecule has 2 aromatic heterocycles. The fraction of sp³-hybridized carbons (Fsp3) is 0.500. The van der Waals surface area contributed by atoms with E-state index in [9.17, 15) is 4.79 Å². The van der Waals surface area contributed by atoms with Crippen molar-refractivity contribution in [3.8, 4) is 0 Å². The van der Waals surface area contributed by atoms with Crippen LogP contribution in [0, 0.1) is 0 Å². The molecule has 3 rings (SSSR count). The zero-order chi connectivity index (χ0) is 15.0. The van der Waals surface area contributed by atoms with Gasteiger partial charge in [0.05, 0.1) is 18.5 Å². The number of hydrogen-bond donors (Lipinski definition) is 1. The van der Waals surface area contributed by atoms with Crippen LogP contribution in [-0.2, 0) is 24.9 Å². The Morgan fingerprint density at radius 3 is 2.90 bits per heavy atom. The maximum absolute atomic E-state index is 12.2. The summed E-state index contributed by atoms with van der Waals surface area (Å²) in [5.41, 5.74) is 1.60. The number of aromatic amines is 1. The van der Waals surface area contributed by atoms with E-state index in [2.05, 4.69) is 30.7 Å². The second-order valence-corrected chi connectivity index (χ2v) is 6.63. The van der Waals surface area contributed by atoms with Gasteiger partial charge in [0.1, 0.15) is 11.6 Å². The summed E-state index contributed by atoms with van der Waals surface area (Å²) >= 11 is 0. The Kier molecular flexibility index (Phi) is 3.45. The Bertz CT molecular complexity index is 681. The van der Waals surface area contributed by atoms with Gasteiger partial charge in [-0.3, -0.25) is 9.69 Å². The van der Waals surface area contributed by atoms with E-state index in [0.717, 1.165) is 42.4 Å². The molecule has 0 bridgehead atoms. The third-order valence-electron chi connectivity index (χ3n) is 3.82. The fourth-order valence-corrected chi connectivity index (χ4v) is 2.61. The molecule has 0 aliphatic carbocycles. The standard InChI is InChI=1S/C16H21N3O2/c1-16(2,3)15-17-13-10-19(9-11-5-4-8-21-11)7-6-12(13)14(20)18-15/h4-5,8H,6-7,9-10H2,1-3H3,(H,17,18,20). The lowest BCUT2D eigenvalue weighted by atomic mass is 9.95. The van der Waals surface area contributed by atoms with Crippen LogP contribution < -0.4 is 5.56 Å². The Hall–Kier alpha value is -1.88. The molecule has 0 aromatic carbocycles. The lowest BCUT2D eigenvalue weighted by Gasteiger charge is -2.28. The minimum Gasteiger partial charge on any atom is -0.468 e. The fourth-order valence-electron chi connectivity index (χ4n) is 2.61. The number of hydrogen-bond acceptors (Lipinski definition) is 4. The highest BCUT2D eigenvalue weighted by Gasteiger charge is 2.25. The Morgan fingerprint density at radius 2 is 2.24 bits per heavy atom. The van der Waals surface area contributed by atoms with Crippen molar-refractivity contribution in [2.75, 3.05) is 6.54 Å². The summed E-state index contributed by atoms with van der Waals surface area (Å²) in [7, 11) is 0. The Morgan fingerprint density at radius 1 is 1.43 bits per heavy atom. The molecule has 3 heterocycles. The summed E-state index contributed by atoms with van der Waals surface area (Å²) in [4.78, 5) is 22.1. The number of aromatic nitrogens is 2. The predicted octanol–water partition coefficient (Wildman–Crippen LogP) is 2.22. The van der Waals surface area contributed by atoms with Crippen LogP contribution in [0.4, 0.5) is 0 Å². The summed E-state index contributed by atoms with van der Waals surface area (Å²) in [5.74, 6) is 1.70. The molecular formula is C16H21N3O2. The van der Waals surface area contributed by atoms with Crippen molar-refractivity contribution < 1.29 is 4.42 Å². The molecule has 0 amide bonds. The molecule has 21 heavy (non-hydrogen) atoms. The van der Waals surface area contributed by atoms with Crippen molar-refractivity contribution in [2.45, 2.75) is 45.7 Å². The van der Waals surface area contributed by atoms with Gasteiger partial charge in [-0.25, -0.2) is 4.98 Å². The van der Waals surface area contributed by atoms with E-state index in [1.54, 1.807) is 6.26 Å². The quantitative estimate of drug-likeness (QED) is 0.920. The molecule has 0 spiro atoms. The van der Waals surface area contributed by atoms with Crippen molar-refractivity contribution in [1.82, 2.24) is 14.9 Å². The van der Waals surface area contributed by atoms with E-state index in [4.69, 9.17) is 9.40 Å². The molecule has 0 fully saturated rings. The van der Waals surface area contributed by atoms with Gasteiger partial charge in [-0.05, 0) is 18.6 Å². The van der Waals surface area contributed by atoms with E-state index in [1.807, 2.05) is 12.1 Å². The molecule has 1 aliphatic rings. The molecule has 0 unspecified atom stereocenters. The third-order valence-corrected chi connectivity index (χ3v) is 3.82. The van der Waals surface area contributed by atoms with Crippen LogP contribution in [0.15, 0.2) is 27.6 Å². The van der Waals surface area contributed by atoms with E-state index in [-0.39, 0.29) is 11.0 Å². The first-order valence-corrected chi connectivity index (χ1v) is 7.31. The van der Waals surface area contributed by atoms with Crippen LogP contribution in [0.3, 0.4) is 0 Å². The molecule has 1 aliphatic heterocycles. The second kappa shape index (κ2) is 5.15. The van der Waals surface area contributed by atoms with Crippen molar-refractivity contribution >= 4 is 0 Å². The monoisotopic (exact) mass is 287 g/mol. The normalized spacial score (nSPS) is 16.0. The summed E-state index contributed by atoms with van der Waals surface area (Å²) in [6, 6.07) is 3.87. The Labute approximate surface area is 124 Å². The Balaban J connectivity index is 1.87. The van der Waals surface area contributed by atoms with Gasteiger partial charge in [-0.15, -0.1) is 0 Å². The summed E-state index contributed by atoms with van der Waals surface area (Å²) < 4.78 is 5.40. The van der Waals surface area contributed by atoms with Crippen LogP contribution in [0.2, 0.25) is 0 Å².